The fourth-order valence-corrected chi connectivity index (χ4v) is 3.03. The highest BCUT2D eigenvalue weighted by atomic mass is 32.2. The molecule has 0 saturated carbocycles. The van der Waals surface area contributed by atoms with Gasteiger partial charge in [-0.3, -0.25) is 9.00 Å². The van der Waals surface area contributed by atoms with Gasteiger partial charge in [-0.15, -0.1) is 0 Å². The molecule has 0 aliphatic heterocycles. The lowest BCUT2D eigenvalue weighted by Crippen LogP contribution is -2.22. The van der Waals surface area contributed by atoms with E-state index in [1.165, 1.54) is 0 Å². The number of benzene rings is 1. The van der Waals surface area contributed by atoms with Crippen molar-refractivity contribution in [3.63, 3.8) is 0 Å². The van der Waals surface area contributed by atoms with Gasteiger partial charge in [0.2, 0.25) is 5.88 Å². The Morgan fingerprint density at radius 2 is 1.96 bits per heavy atom. The van der Waals surface area contributed by atoms with E-state index in [0.29, 0.717) is 24.6 Å². The van der Waals surface area contributed by atoms with Gasteiger partial charge in [0.05, 0.1) is 17.4 Å². The zero-order chi connectivity index (χ0) is 17.5. The van der Waals surface area contributed by atoms with Gasteiger partial charge in [-0.05, 0) is 42.8 Å². The van der Waals surface area contributed by atoms with Crippen LogP contribution in [0, 0.1) is 0 Å². The third kappa shape index (κ3) is 4.89. The van der Waals surface area contributed by atoms with Gasteiger partial charge in [-0.25, -0.2) is 4.98 Å². The van der Waals surface area contributed by atoms with E-state index < -0.39 is 10.8 Å². The number of carbonyl (C=O) groups is 1. The Morgan fingerprint density at radius 1 is 1.25 bits per heavy atom. The fraction of sp³-hybridized carbons (Fsp3) is 0.333. The number of carbonyl (C=O) groups excluding carboxylic acids is 1. The maximum Gasteiger partial charge on any atom is 0.251 e. The predicted molar refractivity (Wildman–Crippen MR) is 94.6 cm³/mol. The molecule has 5 nitrogen and oxygen atoms in total. The van der Waals surface area contributed by atoms with Gasteiger partial charge in [-0.1, -0.05) is 13.8 Å². The van der Waals surface area contributed by atoms with Crippen LogP contribution < -0.4 is 10.1 Å². The van der Waals surface area contributed by atoms with E-state index in [2.05, 4.69) is 10.3 Å². The second-order valence-corrected chi connectivity index (χ2v) is 7.50. The molecule has 0 bridgehead atoms. The fourth-order valence-electron chi connectivity index (χ4n) is 2.08. The van der Waals surface area contributed by atoms with E-state index >= 15 is 0 Å². The van der Waals surface area contributed by atoms with E-state index in [4.69, 9.17) is 4.74 Å². The minimum absolute atomic E-state index is 0.0518. The molecule has 0 unspecified atom stereocenters. The summed E-state index contributed by atoms with van der Waals surface area (Å²) in [5.41, 5.74) is 1.46. The summed E-state index contributed by atoms with van der Waals surface area (Å²) < 4.78 is 17.4. The van der Waals surface area contributed by atoms with Crippen LogP contribution in [0.3, 0.4) is 0 Å². The van der Waals surface area contributed by atoms with Crippen LogP contribution in [0.15, 0.2) is 47.5 Å². The van der Waals surface area contributed by atoms with Crippen molar-refractivity contribution in [2.45, 2.75) is 37.5 Å². The summed E-state index contributed by atoms with van der Waals surface area (Å²) in [5.74, 6) is 0.372. The molecule has 1 aromatic carbocycles. The Morgan fingerprint density at radius 3 is 2.58 bits per heavy atom. The van der Waals surface area contributed by atoms with Crippen LogP contribution in [0.4, 0.5) is 0 Å². The third-order valence-corrected chi connectivity index (χ3v) is 4.91. The van der Waals surface area contributed by atoms with Crippen LogP contribution in [0.2, 0.25) is 0 Å². The van der Waals surface area contributed by atoms with Gasteiger partial charge in [0.25, 0.3) is 5.91 Å². The van der Waals surface area contributed by atoms with Crippen molar-refractivity contribution in [2.75, 3.05) is 6.61 Å². The predicted octanol–water partition coefficient (Wildman–Crippen LogP) is 2.93. The molecule has 2 rings (SSSR count). The van der Waals surface area contributed by atoms with Crippen molar-refractivity contribution >= 4 is 16.7 Å². The first kappa shape index (κ1) is 18.1. The summed E-state index contributed by atoms with van der Waals surface area (Å²) in [6.07, 6.45) is 1.66. The minimum atomic E-state index is -1.05. The van der Waals surface area contributed by atoms with Gasteiger partial charge >= 0.3 is 0 Å². The lowest BCUT2D eigenvalue weighted by atomic mass is 10.2. The van der Waals surface area contributed by atoms with Crippen LogP contribution >= 0.6 is 0 Å². The minimum Gasteiger partial charge on any atom is -0.478 e. The molecule has 128 valence electrons. The van der Waals surface area contributed by atoms with E-state index in [1.807, 2.05) is 26.8 Å². The van der Waals surface area contributed by atoms with Crippen LogP contribution in [0.1, 0.15) is 36.7 Å². The Hall–Kier alpha value is -2.21. The number of aromatic nitrogens is 1. The normalized spacial score (nSPS) is 12.0. The average Bonchev–Trinajstić information content (AvgIpc) is 2.59. The standard InChI is InChI=1S/C18H22N2O3S/c1-4-23-17-11-14(9-10-19-17)12-20-18(21)15-5-7-16(8-6-15)24(22)13(2)3/h5-11,13H,4,12H2,1-3H3,(H,20,21)/t24-/m1/s1. The van der Waals surface area contributed by atoms with E-state index in [1.54, 1.807) is 36.5 Å². The summed E-state index contributed by atoms with van der Waals surface area (Å²) in [6, 6.07) is 10.5. The van der Waals surface area contributed by atoms with Crippen LogP contribution in [0.25, 0.3) is 0 Å². The number of nitrogens with one attached hydrogen (secondary N) is 1. The molecule has 0 saturated heterocycles. The van der Waals surface area contributed by atoms with E-state index in [9.17, 15) is 9.00 Å². The van der Waals surface area contributed by atoms with Crippen LogP contribution in [-0.4, -0.2) is 27.0 Å². The topological polar surface area (TPSA) is 68.3 Å². The van der Waals surface area contributed by atoms with Gasteiger partial charge in [-0.2, -0.15) is 0 Å². The summed E-state index contributed by atoms with van der Waals surface area (Å²) >= 11 is 0. The van der Waals surface area contributed by atoms with Crippen molar-refractivity contribution in [3.8, 4) is 5.88 Å². The van der Waals surface area contributed by atoms with Gasteiger partial charge in [0, 0.05) is 34.5 Å². The quantitative estimate of drug-likeness (QED) is 0.837. The molecule has 1 amide bonds. The van der Waals surface area contributed by atoms with Gasteiger partial charge < -0.3 is 10.1 Å². The monoisotopic (exact) mass is 346 g/mol. The van der Waals surface area contributed by atoms with Crippen molar-refractivity contribution in [3.05, 3.63) is 53.7 Å². The van der Waals surface area contributed by atoms with Crippen LogP contribution in [0.5, 0.6) is 5.88 Å². The van der Waals surface area contributed by atoms with Crippen molar-refractivity contribution in [1.29, 1.82) is 0 Å². The van der Waals surface area contributed by atoms with Gasteiger partial charge in [0.1, 0.15) is 0 Å². The summed E-state index contributed by atoms with van der Waals surface area (Å²) in [7, 11) is -1.05. The average molecular weight is 346 g/mol. The highest BCUT2D eigenvalue weighted by molar-refractivity contribution is 7.85. The zero-order valence-corrected chi connectivity index (χ0v) is 14.9. The Bertz CT molecular complexity index is 714. The number of pyridine rings is 1. The van der Waals surface area contributed by atoms with Crippen molar-refractivity contribution in [2.24, 2.45) is 0 Å². The largest absolute Gasteiger partial charge is 0.478 e. The number of nitrogens with zero attached hydrogens (tertiary/aromatic N) is 1. The van der Waals surface area contributed by atoms with Gasteiger partial charge in [0.15, 0.2) is 0 Å². The molecule has 2 aromatic rings. The highest BCUT2D eigenvalue weighted by Crippen LogP contribution is 2.13. The molecule has 0 aliphatic rings. The molecule has 1 aromatic heterocycles. The van der Waals surface area contributed by atoms with E-state index in [0.717, 1.165) is 10.5 Å². The molecule has 0 aliphatic carbocycles. The second-order valence-electron chi connectivity index (χ2n) is 5.49. The van der Waals surface area contributed by atoms with E-state index in [-0.39, 0.29) is 11.2 Å². The lowest BCUT2D eigenvalue weighted by Gasteiger charge is -2.09. The number of amides is 1. The SMILES string of the molecule is CCOc1cc(CNC(=O)c2ccc([S@](=O)C(C)C)cc2)ccn1. The zero-order valence-electron chi connectivity index (χ0n) is 14.1. The molecular weight excluding hydrogens is 324 g/mol. The molecule has 0 fully saturated rings. The van der Waals surface area contributed by atoms with Crippen LogP contribution in [-0.2, 0) is 17.3 Å². The highest BCUT2D eigenvalue weighted by Gasteiger charge is 2.10. The Kier molecular flexibility index (Phi) is 6.49. The summed E-state index contributed by atoms with van der Waals surface area (Å²) in [4.78, 5) is 17.0. The first-order chi connectivity index (χ1) is 11.5. The van der Waals surface area contributed by atoms with Crippen molar-refractivity contribution in [1.82, 2.24) is 10.3 Å². The molecule has 1 N–H and O–H groups in total. The number of ether oxygens (including phenoxy) is 1. The Labute approximate surface area is 144 Å². The van der Waals surface area contributed by atoms with Crippen molar-refractivity contribution < 1.29 is 13.7 Å². The molecule has 0 radical (unpaired) electrons. The molecule has 6 heteroatoms. The molecule has 1 atom stereocenters. The first-order valence-electron chi connectivity index (χ1n) is 7.87. The summed E-state index contributed by atoms with van der Waals surface area (Å²) in [5, 5.41) is 2.91. The summed E-state index contributed by atoms with van der Waals surface area (Å²) in [6.45, 7) is 6.64. The maximum absolute atomic E-state index is 12.2. The molecular formula is C18H22N2O3S. The number of rotatable bonds is 7. The second kappa shape index (κ2) is 8.59. The molecule has 1 heterocycles. The number of hydrogen-bond acceptors (Lipinski definition) is 4. The maximum atomic E-state index is 12.2. The first-order valence-corrected chi connectivity index (χ1v) is 9.09. The molecule has 0 spiro atoms. The number of hydrogen-bond donors (Lipinski definition) is 1. The smallest absolute Gasteiger partial charge is 0.251 e. The lowest BCUT2D eigenvalue weighted by molar-refractivity contribution is 0.0950. The third-order valence-electron chi connectivity index (χ3n) is 3.32. The molecule has 24 heavy (non-hydrogen) atoms. The Balaban J connectivity index is 1.97.